The first-order valence-corrected chi connectivity index (χ1v) is 4.79. The van der Waals surface area contributed by atoms with Gasteiger partial charge in [-0.3, -0.25) is 9.69 Å². The molecule has 0 amide bonds. The molecule has 2 heterocycles. The average Bonchev–Trinajstić information content (AvgIpc) is 2.48. The number of aromatic nitrogens is 2. The Morgan fingerprint density at radius 1 is 1.43 bits per heavy atom. The van der Waals surface area contributed by atoms with Crippen molar-refractivity contribution in [1.82, 2.24) is 14.9 Å². The third-order valence-corrected chi connectivity index (χ3v) is 2.68. The molecule has 0 aromatic carbocycles. The summed E-state index contributed by atoms with van der Waals surface area (Å²) >= 11 is 0. The first-order valence-electron chi connectivity index (χ1n) is 4.79. The number of hydrogen-bond acceptors (Lipinski definition) is 3. The van der Waals surface area contributed by atoms with Crippen molar-refractivity contribution in [1.29, 1.82) is 0 Å². The van der Waals surface area contributed by atoms with Crippen LogP contribution in [0.4, 0.5) is 0 Å². The Labute approximate surface area is 83.0 Å². The SMILES string of the molecule is CC(C)(C)N1Cc2nc[nH]c(=O)c2C1. The van der Waals surface area contributed by atoms with Crippen molar-refractivity contribution < 1.29 is 0 Å². The van der Waals surface area contributed by atoms with Crippen LogP contribution in [0.1, 0.15) is 32.0 Å². The van der Waals surface area contributed by atoms with E-state index in [0.717, 1.165) is 17.8 Å². The van der Waals surface area contributed by atoms with Crippen LogP contribution < -0.4 is 5.56 Å². The molecule has 14 heavy (non-hydrogen) atoms. The van der Waals surface area contributed by atoms with E-state index in [1.807, 2.05) is 0 Å². The zero-order valence-corrected chi connectivity index (χ0v) is 8.79. The van der Waals surface area contributed by atoms with Crippen LogP contribution in [0.3, 0.4) is 0 Å². The molecule has 0 saturated carbocycles. The molecule has 1 aliphatic rings. The van der Waals surface area contributed by atoms with Crippen LogP contribution in [-0.4, -0.2) is 20.4 Å². The highest BCUT2D eigenvalue weighted by Gasteiger charge is 2.30. The fourth-order valence-electron chi connectivity index (χ4n) is 1.67. The smallest absolute Gasteiger partial charge is 0.255 e. The Kier molecular flexibility index (Phi) is 1.96. The Morgan fingerprint density at radius 3 is 2.71 bits per heavy atom. The van der Waals surface area contributed by atoms with E-state index in [1.54, 1.807) is 0 Å². The number of hydrogen-bond donors (Lipinski definition) is 1. The molecule has 0 fully saturated rings. The Bertz CT molecular complexity index is 403. The van der Waals surface area contributed by atoms with Gasteiger partial charge in [-0.2, -0.15) is 0 Å². The quantitative estimate of drug-likeness (QED) is 0.665. The summed E-state index contributed by atoms with van der Waals surface area (Å²) in [5.74, 6) is 0. The maximum Gasteiger partial charge on any atom is 0.255 e. The van der Waals surface area contributed by atoms with Crippen LogP contribution in [0.5, 0.6) is 0 Å². The van der Waals surface area contributed by atoms with E-state index in [-0.39, 0.29) is 11.1 Å². The van der Waals surface area contributed by atoms with Gasteiger partial charge in [0, 0.05) is 18.6 Å². The maximum atomic E-state index is 11.5. The summed E-state index contributed by atoms with van der Waals surface area (Å²) in [5, 5.41) is 0. The summed E-state index contributed by atoms with van der Waals surface area (Å²) in [7, 11) is 0. The lowest BCUT2D eigenvalue weighted by Gasteiger charge is -2.30. The lowest BCUT2D eigenvalue weighted by Crippen LogP contribution is -2.37. The Morgan fingerprint density at radius 2 is 2.14 bits per heavy atom. The number of rotatable bonds is 0. The van der Waals surface area contributed by atoms with Gasteiger partial charge in [0.1, 0.15) is 0 Å². The molecule has 1 aromatic rings. The molecule has 0 aliphatic carbocycles. The van der Waals surface area contributed by atoms with Crippen LogP contribution in [0.2, 0.25) is 0 Å². The van der Waals surface area contributed by atoms with Gasteiger partial charge in [0.2, 0.25) is 0 Å². The largest absolute Gasteiger partial charge is 0.313 e. The molecule has 2 rings (SSSR count). The van der Waals surface area contributed by atoms with Gasteiger partial charge in [-0.15, -0.1) is 0 Å². The molecule has 0 spiro atoms. The number of aromatic amines is 1. The summed E-state index contributed by atoms with van der Waals surface area (Å²) in [4.78, 5) is 20.5. The van der Waals surface area contributed by atoms with Crippen LogP contribution in [0, 0.1) is 0 Å². The zero-order chi connectivity index (χ0) is 10.3. The molecule has 0 unspecified atom stereocenters. The Balaban J connectivity index is 2.35. The Hall–Kier alpha value is -1.16. The minimum Gasteiger partial charge on any atom is -0.313 e. The van der Waals surface area contributed by atoms with Gasteiger partial charge in [0.05, 0.1) is 17.6 Å². The molecular formula is C10H15N3O. The highest BCUT2D eigenvalue weighted by Crippen LogP contribution is 2.25. The van der Waals surface area contributed by atoms with Crippen molar-refractivity contribution in [3.63, 3.8) is 0 Å². The van der Waals surface area contributed by atoms with E-state index in [1.165, 1.54) is 6.33 Å². The minimum atomic E-state index is 0.00162. The first kappa shape index (κ1) is 9.40. The third kappa shape index (κ3) is 1.46. The van der Waals surface area contributed by atoms with E-state index < -0.39 is 0 Å². The van der Waals surface area contributed by atoms with Crippen LogP contribution >= 0.6 is 0 Å². The van der Waals surface area contributed by atoms with E-state index in [0.29, 0.717) is 6.54 Å². The molecule has 4 nitrogen and oxygen atoms in total. The highest BCUT2D eigenvalue weighted by molar-refractivity contribution is 5.21. The monoisotopic (exact) mass is 193 g/mol. The standard InChI is InChI=1S/C10H15N3O/c1-10(2,3)13-4-7-8(5-13)11-6-12-9(7)14/h6H,4-5H2,1-3H3,(H,11,12,14). The lowest BCUT2D eigenvalue weighted by atomic mass is 10.1. The summed E-state index contributed by atoms with van der Waals surface area (Å²) < 4.78 is 0. The van der Waals surface area contributed by atoms with Gasteiger partial charge in [-0.05, 0) is 20.8 Å². The third-order valence-electron chi connectivity index (χ3n) is 2.68. The van der Waals surface area contributed by atoms with Gasteiger partial charge < -0.3 is 4.98 Å². The van der Waals surface area contributed by atoms with Crippen LogP contribution in [0.15, 0.2) is 11.1 Å². The lowest BCUT2D eigenvalue weighted by molar-refractivity contribution is 0.135. The second-order valence-electron chi connectivity index (χ2n) is 4.68. The van der Waals surface area contributed by atoms with Gasteiger partial charge >= 0.3 is 0 Å². The fraction of sp³-hybridized carbons (Fsp3) is 0.600. The van der Waals surface area contributed by atoms with Gasteiger partial charge in [-0.1, -0.05) is 0 Å². The molecule has 0 atom stereocenters. The summed E-state index contributed by atoms with van der Waals surface area (Å²) in [6.45, 7) is 7.93. The van der Waals surface area contributed by atoms with Gasteiger partial charge in [-0.25, -0.2) is 4.98 Å². The highest BCUT2D eigenvalue weighted by atomic mass is 16.1. The molecular weight excluding hydrogens is 178 g/mol. The van der Waals surface area contributed by atoms with Crippen molar-refractivity contribution in [2.45, 2.75) is 39.4 Å². The summed E-state index contributed by atoms with van der Waals surface area (Å²) in [6.07, 6.45) is 1.48. The number of fused-ring (bicyclic) bond motifs is 1. The molecule has 0 saturated heterocycles. The summed E-state index contributed by atoms with van der Waals surface area (Å²) in [5.41, 5.74) is 1.83. The normalized spacial score (nSPS) is 17.1. The van der Waals surface area contributed by atoms with E-state index in [4.69, 9.17) is 0 Å². The average molecular weight is 193 g/mol. The first-order chi connectivity index (χ1) is 6.48. The van der Waals surface area contributed by atoms with Crippen molar-refractivity contribution in [2.75, 3.05) is 0 Å². The fourth-order valence-corrected chi connectivity index (χ4v) is 1.67. The van der Waals surface area contributed by atoms with Gasteiger partial charge in [0.15, 0.2) is 0 Å². The van der Waals surface area contributed by atoms with Crippen molar-refractivity contribution >= 4 is 0 Å². The van der Waals surface area contributed by atoms with E-state index in [9.17, 15) is 4.79 Å². The number of nitrogens with one attached hydrogen (secondary N) is 1. The van der Waals surface area contributed by atoms with E-state index in [2.05, 4.69) is 35.6 Å². The number of nitrogens with zero attached hydrogens (tertiary/aromatic N) is 2. The second-order valence-corrected chi connectivity index (χ2v) is 4.68. The van der Waals surface area contributed by atoms with Crippen molar-refractivity contribution in [2.24, 2.45) is 0 Å². The topological polar surface area (TPSA) is 49.0 Å². The molecule has 0 bridgehead atoms. The molecule has 1 N–H and O–H groups in total. The van der Waals surface area contributed by atoms with Crippen LogP contribution in [-0.2, 0) is 13.1 Å². The number of H-pyrrole nitrogens is 1. The van der Waals surface area contributed by atoms with Crippen molar-refractivity contribution in [3.05, 3.63) is 27.9 Å². The maximum absolute atomic E-state index is 11.5. The minimum absolute atomic E-state index is 0.00162. The van der Waals surface area contributed by atoms with Crippen molar-refractivity contribution in [3.8, 4) is 0 Å². The molecule has 1 aliphatic heterocycles. The van der Waals surface area contributed by atoms with E-state index >= 15 is 0 Å². The predicted octanol–water partition coefficient (Wildman–Crippen LogP) is 0.884. The summed E-state index contributed by atoms with van der Waals surface area (Å²) in [6, 6.07) is 0. The van der Waals surface area contributed by atoms with Crippen LogP contribution in [0.25, 0.3) is 0 Å². The van der Waals surface area contributed by atoms with Gasteiger partial charge in [0.25, 0.3) is 5.56 Å². The molecule has 76 valence electrons. The predicted molar refractivity (Wildman–Crippen MR) is 53.9 cm³/mol. The zero-order valence-electron chi connectivity index (χ0n) is 8.79. The molecule has 4 heteroatoms. The molecule has 1 aromatic heterocycles. The molecule has 0 radical (unpaired) electrons. The second kappa shape index (κ2) is 2.92.